The molecule has 78 valence electrons. The summed E-state index contributed by atoms with van der Waals surface area (Å²) >= 11 is 0. The van der Waals surface area contributed by atoms with E-state index in [1.807, 2.05) is 0 Å². The highest BCUT2D eigenvalue weighted by Crippen LogP contribution is 2.17. The van der Waals surface area contributed by atoms with Gasteiger partial charge in [0.25, 0.3) is 0 Å². The molecule has 0 spiro atoms. The van der Waals surface area contributed by atoms with Gasteiger partial charge in [-0.3, -0.25) is 0 Å². The molecule has 1 saturated heterocycles. The average Bonchev–Trinajstić information content (AvgIpc) is 2.89. The SMILES string of the molecule is c1ccc2c(c1)ccn2CC1OCCO1. The number of rotatable bonds is 2. The summed E-state index contributed by atoms with van der Waals surface area (Å²) in [5.41, 5.74) is 1.23. The van der Waals surface area contributed by atoms with Crippen LogP contribution in [0.2, 0.25) is 0 Å². The molecule has 0 unspecified atom stereocenters. The lowest BCUT2D eigenvalue weighted by atomic mass is 10.2. The van der Waals surface area contributed by atoms with Gasteiger partial charge in [-0.1, -0.05) is 18.2 Å². The number of benzene rings is 1. The van der Waals surface area contributed by atoms with Crippen LogP contribution in [0, 0.1) is 0 Å². The van der Waals surface area contributed by atoms with Crippen LogP contribution in [0.15, 0.2) is 36.5 Å². The average molecular weight is 203 g/mol. The zero-order valence-electron chi connectivity index (χ0n) is 8.43. The Morgan fingerprint density at radius 1 is 1.13 bits per heavy atom. The highest BCUT2D eigenvalue weighted by Gasteiger charge is 2.16. The third kappa shape index (κ3) is 1.64. The van der Waals surface area contributed by atoms with Crippen molar-refractivity contribution in [2.75, 3.05) is 13.2 Å². The van der Waals surface area contributed by atoms with Gasteiger partial charge in [0.2, 0.25) is 0 Å². The Bertz CT molecular complexity index is 457. The van der Waals surface area contributed by atoms with Crippen LogP contribution in [-0.2, 0) is 16.0 Å². The first-order valence-electron chi connectivity index (χ1n) is 5.20. The van der Waals surface area contributed by atoms with Crippen molar-refractivity contribution in [3.8, 4) is 0 Å². The normalized spacial score (nSPS) is 17.6. The van der Waals surface area contributed by atoms with Crippen molar-refractivity contribution in [3.05, 3.63) is 36.5 Å². The Kier molecular flexibility index (Phi) is 2.19. The summed E-state index contributed by atoms with van der Waals surface area (Å²) in [7, 11) is 0. The predicted octanol–water partition coefficient (Wildman–Crippen LogP) is 2.01. The summed E-state index contributed by atoms with van der Waals surface area (Å²) in [4.78, 5) is 0. The summed E-state index contributed by atoms with van der Waals surface area (Å²) in [5.74, 6) is 0. The summed E-state index contributed by atoms with van der Waals surface area (Å²) in [5, 5.41) is 1.26. The minimum absolute atomic E-state index is 0.0826. The van der Waals surface area contributed by atoms with Gasteiger partial charge in [-0.05, 0) is 17.5 Å². The molecule has 3 nitrogen and oxygen atoms in total. The predicted molar refractivity (Wildman–Crippen MR) is 57.6 cm³/mol. The molecule has 1 aromatic heterocycles. The largest absolute Gasteiger partial charge is 0.348 e. The third-order valence-electron chi connectivity index (χ3n) is 2.72. The molecular weight excluding hydrogens is 190 g/mol. The van der Waals surface area contributed by atoms with Crippen LogP contribution >= 0.6 is 0 Å². The van der Waals surface area contributed by atoms with E-state index in [-0.39, 0.29) is 6.29 Å². The minimum Gasteiger partial charge on any atom is -0.348 e. The number of aromatic nitrogens is 1. The van der Waals surface area contributed by atoms with Crippen molar-refractivity contribution in [1.29, 1.82) is 0 Å². The van der Waals surface area contributed by atoms with Crippen molar-refractivity contribution in [3.63, 3.8) is 0 Å². The van der Waals surface area contributed by atoms with Crippen molar-refractivity contribution >= 4 is 10.9 Å². The molecule has 1 fully saturated rings. The van der Waals surface area contributed by atoms with Gasteiger partial charge in [-0.25, -0.2) is 0 Å². The molecular formula is C12H13NO2. The van der Waals surface area contributed by atoms with Crippen molar-refractivity contribution in [1.82, 2.24) is 4.57 Å². The maximum Gasteiger partial charge on any atom is 0.175 e. The fourth-order valence-corrected chi connectivity index (χ4v) is 1.97. The topological polar surface area (TPSA) is 23.4 Å². The number of fused-ring (bicyclic) bond motifs is 1. The Morgan fingerprint density at radius 2 is 1.93 bits per heavy atom. The fraction of sp³-hybridized carbons (Fsp3) is 0.333. The molecule has 2 aromatic rings. The molecule has 2 heterocycles. The van der Waals surface area contributed by atoms with Crippen molar-refractivity contribution in [2.24, 2.45) is 0 Å². The number of para-hydroxylation sites is 1. The van der Waals surface area contributed by atoms with Crippen molar-refractivity contribution in [2.45, 2.75) is 12.8 Å². The first-order chi connectivity index (χ1) is 7.43. The van der Waals surface area contributed by atoms with Gasteiger partial charge in [0.05, 0.1) is 19.8 Å². The zero-order chi connectivity index (χ0) is 10.1. The van der Waals surface area contributed by atoms with Gasteiger partial charge in [0.1, 0.15) is 0 Å². The minimum atomic E-state index is -0.0826. The van der Waals surface area contributed by atoms with Crippen LogP contribution in [0.4, 0.5) is 0 Å². The highest BCUT2D eigenvalue weighted by molar-refractivity contribution is 5.79. The van der Waals surface area contributed by atoms with Gasteiger partial charge >= 0.3 is 0 Å². The maximum atomic E-state index is 5.43. The van der Waals surface area contributed by atoms with Crippen LogP contribution in [-0.4, -0.2) is 24.1 Å². The Labute approximate surface area is 88.2 Å². The highest BCUT2D eigenvalue weighted by atomic mass is 16.7. The van der Waals surface area contributed by atoms with Crippen LogP contribution in [0.5, 0.6) is 0 Å². The van der Waals surface area contributed by atoms with E-state index in [0.717, 1.165) is 6.54 Å². The lowest BCUT2D eigenvalue weighted by Gasteiger charge is -2.10. The quantitative estimate of drug-likeness (QED) is 0.745. The Morgan fingerprint density at radius 3 is 2.80 bits per heavy atom. The Balaban J connectivity index is 1.90. The number of hydrogen-bond acceptors (Lipinski definition) is 2. The fourth-order valence-electron chi connectivity index (χ4n) is 1.97. The monoisotopic (exact) mass is 203 g/mol. The molecule has 0 atom stereocenters. The van der Waals surface area contributed by atoms with E-state index in [1.165, 1.54) is 10.9 Å². The van der Waals surface area contributed by atoms with Gasteiger partial charge in [-0.2, -0.15) is 0 Å². The summed E-state index contributed by atoms with van der Waals surface area (Å²) in [6, 6.07) is 10.4. The maximum absolute atomic E-state index is 5.43. The van der Waals surface area contributed by atoms with E-state index in [2.05, 4.69) is 41.1 Å². The molecule has 0 N–H and O–H groups in total. The molecule has 1 aliphatic heterocycles. The number of nitrogens with zero attached hydrogens (tertiary/aromatic N) is 1. The smallest absolute Gasteiger partial charge is 0.175 e. The molecule has 0 radical (unpaired) electrons. The van der Waals surface area contributed by atoms with Gasteiger partial charge < -0.3 is 14.0 Å². The second kappa shape index (κ2) is 3.68. The van der Waals surface area contributed by atoms with Crippen LogP contribution in [0.3, 0.4) is 0 Å². The number of hydrogen-bond donors (Lipinski definition) is 0. The van der Waals surface area contributed by atoms with Gasteiger partial charge in [0, 0.05) is 11.7 Å². The van der Waals surface area contributed by atoms with Crippen LogP contribution < -0.4 is 0 Å². The summed E-state index contributed by atoms with van der Waals surface area (Å²) < 4.78 is 13.0. The van der Waals surface area contributed by atoms with E-state index < -0.39 is 0 Å². The first-order valence-corrected chi connectivity index (χ1v) is 5.20. The van der Waals surface area contributed by atoms with Gasteiger partial charge in [-0.15, -0.1) is 0 Å². The van der Waals surface area contributed by atoms with E-state index in [9.17, 15) is 0 Å². The summed E-state index contributed by atoms with van der Waals surface area (Å²) in [6.07, 6.45) is 2.00. The molecule has 15 heavy (non-hydrogen) atoms. The molecule has 0 saturated carbocycles. The first kappa shape index (κ1) is 8.95. The van der Waals surface area contributed by atoms with E-state index >= 15 is 0 Å². The van der Waals surface area contributed by atoms with E-state index in [0.29, 0.717) is 13.2 Å². The molecule has 0 bridgehead atoms. The second-order valence-corrected chi connectivity index (χ2v) is 3.70. The Hall–Kier alpha value is -1.32. The molecule has 1 aromatic carbocycles. The summed E-state index contributed by atoms with van der Waals surface area (Å²) in [6.45, 7) is 2.20. The van der Waals surface area contributed by atoms with Gasteiger partial charge in [0.15, 0.2) is 6.29 Å². The zero-order valence-corrected chi connectivity index (χ0v) is 8.43. The molecule has 1 aliphatic rings. The van der Waals surface area contributed by atoms with E-state index in [4.69, 9.17) is 9.47 Å². The standard InChI is InChI=1S/C12H13NO2/c1-2-4-11-10(3-1)5-6-13(11)9-12-14-7-8-15-12/h1-6,12H,7-9H2. The third-order valence-corrected chi connectivity index (χ3v) is 2.72. The molecule has 3 rings (SSSR count). The second-order valence-electron chi connectivity index (χ2n) is 3.70. The lowest BCUT2D eigenvalue weighted by molar-refractivity contribution is -0.0517. The van der Waals surface area contributed by atoms with Crippen LogP contribution in [0.25, 0.3) is 10.9 Å². The lowest BCUT2D eigenvalue weighted by Crippen LogP contribution is -2.15. The van der Waals surface area contributed by atoms with E-state index in [1.54, 1.807) is 0 Å². The van der Waals surface area contributed by atoms with Crippen molar-refractivity contribution < 1.29 is 9.47 Å². The number of ether oxygens (including phenoxy) is 2. The molecule has 3 heteroatoms. The molecule has 0 amide bonds. The van der Waals surface area contributed by atoms with Crippen LogP contribution in [0.1, 0.15) is 0 Å². The molecule has 0 aliphatic carbocycles.